The van der Waals surface area contributed by atoms with Crippen molar-refractivity contribution in [1.82, 2.24) is 5.48 Å². The van der Waals surface area contributed by atoms with Gasteiger partial charge in [-0.05, 0) is 17.7 Å². The fraction of sp³-hybridized carbons (Fsp3) is 0.400. The van der Waals surface area contributed by atoms with Gasteiger partial charge in [-0.25, -0.2) is 0 Å². The van der Waals surface area contributed by atoms with Gasteiger partial charge >= 0.3 is 0 Å². The number of nitrogens with one attached hydrogen (secondary N) is 1. The summed E-state index contributed by atoms with van der Waals surface area (Å²) < 4.78 is 4.83. The van der Waals surface area contributed by atoms with Crippen molar-refractivity contribution in [1.29, 1.82) is 0 Å². The maximum absolute atomic E-state index is 5.96. The Morgan fingerprint density at radius 1 is 1.27 bits per heavy atom. The molecule has 3 nitrogen and oxygen atoms in total. The summed E-state index contributed by atoms with van der Waals surface area (Å²) in [7, 11) is 1.62. The van der Waals surface area contributed by atoms with Gasteiger partial charge in [0.15, 0.2) is 0 Å². The monoisotopic (exact) mass is 249 g/mol. The molecule has 0 heterocycles. The molecule has 0 unspecified atom stereocenters. The fourth-order valence-corrected chi connectivity index (χ4v) is 1.47. The summed E-state index contributed by atoms with van der Waals surface area (Å²) in [5, 5.41) is 1.26. The first-order chi connectivity index (χ1) is 7.24. The van der Waals surface area contributed by atoms with Crippen LogP contribution in [0.5, 0.6) is 0 Å². The summed E-state index contributed by atoms with van der Waals surface area (Å²) in [6, 6.07) is 5.35. The molecule has 0 atom stereocenters. The Balaban J connectivity index is 2.31. The molecule has 1 aromatic carbocycles. The number of hydrogen-bond donors (Lipinski definition) is 1. The maximum Gasteiger partial charge on any atom is 0.0916 e. The molecule has 0 aromatic heterocycles. The number of halogens is 2. The van der Waals surface area contributed by atoms with Gasteiger partial charge in [-0.15, -0.1) is 0 Å². The Bertz CT molecular complexity index is 307. The van der Waals surface area contributed by atoms with Crippen LogP contribution in [0, 0.1) is 0 Å². The lowest BCUT2D eigenvalue weighted by molar-refractivity contribution is 0.00347. The number of hydroxylamine groups is 1. The number of hydrogen-bond acceptors (Lipinski definition) is 3. The molecule has 0 aliphatic rings. The van der Waals surface area contributed by atoms with Gasteiger partial charge in [0.25, 0.3) is 0 Å². The highest BCUT2D eigenvalue weighted by Crippen LogP contribution is 2.20. The molecule has 0 aliphatic carbocycles. The molecule has 0 aliphatic heterocycles. The molecular weight excluding hydrogens is 237 g/mol. The van der Waals surface area contributed by atoms with Crippen LogP contribution < -0.4 is 5.48 Å². The standard InChI is InChI=1S/C10H13Cl2NO2/c1-14-4-5-15-13-7-8-2-3-9(11)6-10(8)12/h2-3,6,13H,4-5,7H2,1H3. The van der Waals surface area contributed by atoms with Gasteiger partial charge in [0.2, 0.25) is 0 Å². The Morgan fingerprint density at radius 3 is 2.73 bits per heavy atom. The second kappa shape index (κ2) is 7.04. The van der Waals surface area contributed by atoms with Crippen LogP contribution >= 0.6 is 23.2 Å². The third-order valence-electron chi connectivity index (χ3n) is 1.77. The van der Waals surface area contributed by atoms with E-state index in [9.17, 15) is 0 Å². The first kappa shape index (κ1) is 12.7. The maximum atomic E-state index is 5.96. The van der Waals surface area contributed by atoms with Crippen LogP contribution in [-0.4, -0.2) is 20.3 Å². The Morgan fingerprint density at radius 2 is 2.07 bits per heavy atom. The second-order valence-electron chi connectivity index (χ2n) is 2.90. The highest BCUT2D eigenvalue weighted by atomic mass is 35.5. The molecule has 1 N–H and O–H groups in total. The molecule has 15 heavy (non-hydrogen) atoms. The topological polar surface area (TPSA) is 30.5 Å². The lowest BCUT2D eigenvalue weighted by atomic mass is 10.2. The van der Waals surface area contributed by atoms with Crippen molar-refractivity contribution in [2.75, 3.05) is 20.3 Å². The van der Waals surface area contributed by atoms with Crippen LogP contribution in [0.15, 0.2) is 18.2 Å². The quantitative estimate of drug-likeness (QED) is 0.622. The van der Waals surface area contributed by atoms with Crippen LogP contribution in [-0.2, 0) is 16.1 Å². The highest BCUT2D eigenvalue weighted by molar-refractivity contribution is 6.35. The minimum Gasteiger partial charge on any atom is -0.382 e. The predicted molar refractivity (Wildman–Crippen MR) is 61.1 cm³/mol. The molecule has 1 aromatic rings. The molecule has 5 heteroatoms. The van der Waals surface area contributed by atoms with E-state index in [2.05, 4.69) is 5.48 Å². The smallest absolute Gasteiger partial charge is 0.0916 e. The van der Waals surface area contributed by atoms with Gasteiger partial charge in [0.05, 0.1) is 13.2 Å². The third-order valence-corrected chi connectivity index (χ3v) is 2.36. The number of methoxy groups -OCH3 is 1. The van der Waals surface area contributed by atoms with E-state index < -0.39 is 0 Å². The third kappa shape index (κ3) is 4.82. The van der Waals surface area contributed by atoms with Crippen molar-refractivity contribution in [2.45, 2.75) is 6.54 Å². The van der Waals surface area contributed by atoms with E-state index in [1.807, 2.05) is 6.07 Å². The molecular formula is C10H13Cl2NO2. The van der Waals surface area contributed by atoms with E-state index in [1.54, 1.807) is 19.2 Å². The SMILES string of the molecule is COCCONCc1ccc(Cl)cc1Cl. The minimum absolute atomic E-state index is 0.502. The van der Waals surface area contributed by atoms with E-state index in [0.717, 1.165) is 5.56 Å². The van der Waals surface area contributed by atoms with E-state index in [1.165, 1.54) is 0 Å². The van der Waals surface area contributed by atoms with Crippen LogP contribution in [0.25, 0.3) is 0 Å². The second-order valence-corrected chi connectivity index (χ2v) is 3.74. The van der Waals surface area contributed by atoms with E-state index in [0.29, 0.717) is 29.8 Å². The minimum atomic E-state index is 0.502. The average molecular weight is 250 g/mol. The molecule has 0 amide bonds. The highest BCUT2D eigenvalue weighted by Gasteiger charge is 2.00. The van der Waals surface area contributed by atoms with Crippen LogP contribution in [0.1, 0.15) is 5.56 Å². The van der Waals surface area contributed by atoms with Crippen molar-refractivity contribution < 1.29 is 9.57 Å². The zero-order chi connectivity index (χ0) is 11.1. The average Bonchev–Trinajstić information content (AvgIpc) is 2.20. The lowest BCUT2D eigenvalue weighted by Crippen LogP contribution is -2.17. The summed E-state index contributed by atoms with van der Waals surface area (Å²) in [5.74, 6) is 0. The molecule has 0 saturated heterocycles. The van der Waals surface area contributed by atoms with E-state index in [-0.39, 0.29) is 0 Å². The van der Waals surface area contributed by atoms with Gasteiger partial charge in [-0.2, -0.15) is 5.48 Å². The Labute approximate surface area is 99.2 Å². The van der Waals surface area contributed by atoms with Crippen molar-refractivity contribution in [3.8, 4) is 0 Å². The number of rotatable bonds is 6. The van der Waals surface area contributed by atoms with Crippen LogP contribution in [0.3, 0.4) is 0 Å². The molecule has 0 fully saturated rings. The zero-order valence-corrected chi connectivity index (χ0v) is 9.94. The van der Waals surface area contributed by atoms with Crippen molar-refractivity contribution in [2.24, 2.45) is 0 Å². The molecule has 0 radical (unpaired) electrons. The Kier molecular flexibility index (Phi) is 5.98. The van der Waals surface area contributed by atoms with Gasteiger partial charge < -0.3 is 4.74 Å². The lowest BCUT2D eigenvalue weighted by Gasteiger charge is -2.07. The van der Waals surface area contributed by atoms with E-state index >= 15 is 0 Å². The summed E-state index contributed by atoms with van der Waals surface area (Å²) in [6.07, 6.45) is 0. The summed E-state index contributed by atoms with van der Waals surface area (Å²) in [5.41, 5.74) is 3.73. The molecule has 0 saturated carbocycles. The summed E-state index contributed by atoms with van der Waals surface area (Å²) >= 11 is 11.7. The molecule has 0 spiro atoms. The Hall–Kier alpha value is -0.320. The zero-order valence-electron chi connectivity index (χ0n) is 8.43. The van der Waals surface area contributed by atoms with Gasteiger partial charge in [-0.1, -0.05) is 29.3 Å². The fourth-order valence-electron chi connectivity index (χ4n) is 0.991. The summed E-state index contributed by atoms with van der Waals surface area (Å²) in [6.45, 7) is 1.60. The van der Waals surface area contributed by atoms with Crippen molar-refractivity contribution in [3.63, 3.8) is 0 Å². The summed E-state index contributed by atoms with van der Waals surface area (Å²) in [4.78, 5) is 5.10. The normalized spacial score (nSPS) is 10.6. The molecule has 0 bridgehead atoms. The first-order valence-electron chi connectivity index (χ1n) is 4.51. The number of ether oxygens (including phenoxy) is 1. The van der Waals surface area contributed by atoms with E-state index in [4.69, 9.17) is 32.8 Å². The van der Waals surface area contributed by atoms with Crippen LogP contribution in [0.2, 0.25) is 10.0 Å². The van der Waals surface area contributed by atoms with Gasteiger partial charge in [0, 0.05) is 23.7 Å². The van der Waals surface area contributed by atoms with Crippen LogP contribution in [0.4, 0.5) is 0 Å². The molecule has 84 valence electrons. The van der Waals surface area contributed by atoms with Gasteiger partial charge in [-0.3, -0.25) is 4.84 Å². The largest absolute Gasteiger partial charge is 0.382 e. The van der Waals surface area contributed by atoms with Crippen molar-refractivity contribution >= 4 is 23.2 Å². The first-order valence-corrected chi connectivity index (χ1v) is 5.27. The number of benzene rings is 1. The molecule has 1 rings (SSSR count). The predicted octanol–water partition coefficient (Wildman–Crippen LogP) is 2.66. The van der Waals surface area contributed by atoms with Crippen molar-refractivity contribution in [3.05, 3.63) is 33.8 Å². The van der Waals surface area contributed by atoms with Gasteiger partial charge in [0.1, 0.15) is 0 Å².